The lowest BCUT2D eigenvalue weighted by molar-refractivity contribution is -0.153. The first-order chi connectivity index (χ1) is 9.95. The summed E-state index contributed by atoms with van der Waals surface area (Å²) in [7, 11) is 3.24. The van der Waals surface area contributed by atoms with Crippen molar-refractivity contribution in [3.8, 4) is 0 Å². The van der Waals surface area contributed by atoms with E-state index < -0.39 is 18.0 Å². The molecular formula is C14H21N3O4. The first kappa shape index (κ1) is 15.5. The number of amides is 1. The van der Waals surface area contributed by atoms with Crippen LogP contribution in [0, 0.1) is 5.92 Å². The molecule has 1 aromatic rings. The van der Waals surface area contributed by atoms with Gasteiger partial charge in [-0.25, -0.2) is 0 Å². The van der Waals surface area contributed by atoms with Gasteiger partial charge in [0.05, 0.1) is 12.1 Å². The molecule has 0 bridgehead atoms. The van der Waals surface area contributed by atoms with Crippen LogP contribution in [0.1, 0.15) is 31.4 Å². The Morgan fingerprint density at radius 2 is 2.24 bits per heavy atom. The van der Waals surface area contributed by atoms with Crippen LogP contribution in [-0.4, -0.2) is 51.4 Å². The monoisotopic (exact) mass is 295 g/mol. The van der Waals surface area contributed by atoms with E-state index in [4.69, 9.17) is 4.74 Å². The van der Waals surface area contributed by atoms with Crippen molar-refractivity contribution in [2.45, 2.75) is 31.9 Å². The van der Waals surface area contributed by atoms with Crippen LogP contribution in [0.3, 0.4) is 0 Å². The fraction of sp³-hybridized carbons (Fsp3) is 0.643. The fourth-order valence-electron chi connectivity index (χ4n) is 2.89. The third-order valence-corrected chi connectivity index (χ3v) is 4.08. The first-order valence-corrected chi connectivity index (χ1v) is 7.00. The van der Waals surface area contributed by atoms with Gasteiger partial charge in [0, 0.05) is 38.5 Å². The lowest BCUT2D eigenvalue weighted by Crippen LogP contribution is -2.50. The molecule has 2 rings (SSSR count). The number of ether oxygens (including phenoxy) is 1. The highest BCUT2D eigenvalue weighted by Gasteiger charge is 2.38. The number of hydrogen-bond donors (Lipinski definition) is 1. The average molecular weight is 295 g/mol. The summed E-state index contributed by atoms with van der Waals surface area (Å²) < 4.78 is 6.92. The molecule has 2 heterocycles. The zero-order valence-corrected chi connectivity index (χ0v) is 12.5. The summed E-state index contributed by atoms with van der Waals surface area (Å²) in [5.74, 6) is -1.58. The molecule has 7 nitrogen and oxygen atoms in total. The summed E-state index contributed by atoms with van der Waals surface area (Å²) in [5, 5.41) is 13.3. The molecule has 116 valence electrons. The quantitative estimate of drug-likeness (QED) is 0.889. The number of carbonyl (C=O) groups excluding carboxylic acids is 1. The molecule has 0 saturated carbocycles. The number of likely N-dealkylation sites (tertiary alicyclic amines) is 1. The summed E-state index contributed by atoms with van der Waals surface area (Å²) in [6, 6.07) is -0.335. The molecule has 1 fully saturated rings. The van der Waals surface area contributed by atoms with Crippen LogP contribution in [0.15, 0.2) is 12.4 Å². The summed E-state index contributed by atoms with van der Waals surface area (Å²) in [6.07, 6.45) is 3.88. The van der Waals surface area contributed by atoms with E-state index in [0.717, 1.165) is 0 Å². The number of hydrogen-bond acceptors (Lipinski definition) is 4. The fourth-order valence-corrected chi connectivity index (χ4v) is 2.89. The first-order valence-electron chi connectivity index (χ1n) is 7.00. The Bertz CT molecular complexity index is 528. The zero-order chi connectivity index (χ0) is 15.6. The van der Waals surface area contributed by atoms with E-state index in [-0.39, 0.29) is 11.9 Å². The number of aliphatic carboxylic acids is 1. The molecule has 0 radical (unpaired) electrons. The number of carboxylic acid groups (broad SMARTS) is 1. The van der Waals surface area contributed by atoms with E-state index in [0.29, 0.717) is 24.9 Å². The van der Waals surface area contributed by atoms with E-state index >= 15 is 0 Å². The number of rotatable bonds is 4. The zero-order valence-electron chi connectivity index (χ0n) is 12.5. The molecule has 1 aliphatic heterocycles. The predicted octanol–water partition coefficient (Wildman–Crippen LogP) is 0.819. The second-order valence-electron chi connectivity index (χ2n) is 5.42. The van der Waals surface area contributed by atoms with E-state index in [9.17, 15) is 14.7 Å². The Hall–Kier alpha value is -1.89. The Morgan fingerprint density at radius 1 is 1.52 bits per heavy atom. The molecule has 3 atom stereocenters. The van der Waals surface area contributed by atoms with Gasteiger partial charge in [0.15, 0.2) is 6.10 Å². The summed E-state index contributed by atoms with van der Waals surface area (Å²) in [6.45, 7) is 2.34. The van der Waals surface area contributed by atoms with Crippen LogP contribution in [0.5, 0.6) is 0 Å². The van der Waals surface area contributed by atoms with Gasteiger partial charge in [0.25, 0.3) is 5.91 Å². The van der Waals surface area contributed by atoms with E-state index in [1.165, 1.54) is 7.11 Å². The van der Waals surface area contributed by atoms with Gasteiger partial charge in [-0.2, -0.15) is 5.10 Å². The van der Waals surface area contributed by atoms with Gasteiger partial charge in [-0.1, -0.05) is 0 Å². The van der Waals surface area contributed by atoms with E-state index in [1.54, 1.807) is 35.9 Å². The SMILES string of the molecule is COC(C(=O)N1CCC[C@H](C(=O)O)[C@@H]1C)c1cnn(C)c1. The molecule has 21 heavy (non-hydrogen) atoms. The van der Waals surface area contributed by atoms with Gasteiger partial charge in [-0.3, -0.25) is 14.3 Å². The standard InChI is InChI=1S/C14H21N3O4/c1-9-11(14(19)20)5-4-6-17(9)13(18)12(21-3)10-7-15-16(2)8-10/h7-9,11-12H,4-6H2,1-3H3,(H,19,20)/t9-,11-,12?/m0/s1. The number of methoxy groups -OCH3 is 1. The summed E-state index contributed by atoms with van der Waals surface area (Å²) in [5.41, 5.74) is 0.676. The summed E-state index contributed by atoms with van der Waals surface area (Å²) >= 11 is 0. The van der Waals surface area contributed by atoms with Crippen molar-refractivity contribution in [2.75, 3.05) is 13.7 Å². The van der Waals surface area contributed by atoms with Crippen LogP contribution in [0.4, 0.5) is 0 Å². The number of aromatic nitrogens is 2. The highest BCUT2D eigenvalue weighted by Crippen LogP contribution is 2.28. The molecule has 0 spiro atoms. The molecule has 7 heteroatoms. The van der Waals surface area contributed by atoms with Crippen molar-refractivity contribution in [1.29, 1.82) is 0 Å². The maximum absolute atomic E-state index is 12.7. The number of carboxylic acids is 1. The number of aryl methyl sites for hydroxylation is 1. The minimum Gasteiger partial charge on any atom is -0.481 e. The number of piperidine rings is 1. The second-order valence-corrected chi connectivity index (χ2v) is 5.42. The van der Waals surface area contributed by atoms with Crippen molar-refractivity contribution in [1.82, 2.24) is 14.7 Å². The maximum atomic E-state index is 12.7. The lowest BCUT2D eigenvalue weighted by Gasteiger charge is -2.38. The Labute approximate surface area is 123 Å². The Morgan fingerprint density at radius 3 is 2.76 bits per heavy atom. The number of carbonyl (C=O) groups is 2. The van der Waals surface area contributed by atoms with Crippen LogP contribution in [0.25, 0.3) is 0 Å². The summed E-state index contributed by atoms with van der Waals surface area (Å²) in [4.78, 5) is 25.6. The molecule has 0 aromatic carbocycles. The van der Waals surface area contributed by atoms with Crippen LogP contribution >= 0.6 is 0 Å². The highest BCUT2D eigenvalue weighted by atomic mass is 16.5. The van der Waals surface area contributed by atoms with Crippen molar-refractivity contribution < 1.29 is 19.4 Å². The molecule has 1 N–H and O–H groups in total. The van der Waals surface area contributed by atoms with Crippen LogP contribution < -0.4 is 0 Å². The van der Waals surface area contributed by atoms with Gasteiger partial charge in [0.1, 0.15) is 0 Å². The lowest BCUT2D eigenvalue weighted by atomic mass is 9.89. The topological polar surface area (TPSA) is 84.7 Å². The van der Waals surface area contributed by atoms with Gasteiger partial charge in [-0.05, 0) is 19.8 Å². The maximum Gasteiger partial charge on any atom is 0.308 e. The Kier molecular flexibility index (Phi) is 4.62. The largest absolute Gasteiger partial charge is 0.481 e. The number of nitrogens with zero attached hydrogens (tertiary/aromatic N) is 3. The molecule has 1 amide bonds. The highest BCUT2D eigenvalue weighted by molar-refractivity contribution is 5.83. The molecule has 1 saturated heterocycles. The normalized spacial score (nSPS) is 23.9. The van der Waals surface area contributed by atoms with Crippen LogP contribution in [0.2, 0.25) is 0 Å². The van der Waals surface area contributed by atoms with Crippen molar-refractivity contribution >= 4 is 11.9 Å². The second kappa shape index (κ2) is 6.26. The van der Waals surface area contributed by atoms with E-state index in [2.05, 4.69) is 5.10 Å². The predicted molar refractivity (Wildman–Crippen MR) is 74.5 cm³/mol. The molecule has 1 aromatic heterocycles. The molecule has 0 aliphatic carbocycles. The molecule has 1 aliphatic rings. The Balaban J connectivity index is 2.19. The smallest absolute Gasteiger partial charge is 0.308 e. The third kappa shape index (κ3) is 3.07. The van der Waals surface area contributed by atoms with Crippen molar-refractivity contribution in [3.05, 3.63) is 18.0 Å². The minimum atomic E-state index is -0.852. The van der Waals surface area contributed by atoms with Gasteiger partial charge in [0.2, 0.25) is 0 Å². The minimum absolute atomic E-state index is 0.205. The van der Waals surface area contributed by atoms with E-state index in [1.807, 2.05) is 0 Å². The third-order valence-electron chi connectivity index (χ3n) is 4.08. The van der Waals surface area contributed by atoms with Gasteiger partial charge >= 0.3 is 5.97 Å². The van der Waals surface area contributed by atoms with Gasteiger partial charge in [-0.15, -0.1) is 0 Å². The average Bonchev–Trinajstić information content (AvgIpc) is 2.85. The molecule has 1 unspecified atom stereocenters. The van der Waals surface area contributed by atoms with Crippen molar-refractivity contribution in [3.63, 3.8) is 0 Å². The van der Waals surface area contributed by atoms with Crippen molar-refractivity contribution in [2.24, 2.45) is 13.0 Å². The van der Waals surface area contributed by atoms with Crippen LogP contribution in [-0.2, 0) is 21.4 Å². The van der Waals surface area contributed by atoms with Gasteiger partial charge < -0.3 is 14.7 Å². The molecular weight excluding hydrogens is 274 g/mol.